The molecule has 26 heavy (non-hydrogen) atoms. The average Bonchev–Trinajstić information content (AvgIpc) is 2.99. The van der Waals surface area contributed by atoms with Gasteiger partial charge in [0.05, 0.1) is 11.4 Å². The second kappa shape index (κ2) is 6.91. The van der Waals surface area contributed by atoms with Gasteiger partial charge in [-0.25, -0.2) is 14.0 Å². The van der Waals surface area contributed by atoms with E-state index in [1.807, 2.05) is 0 Å². The van der Waals surface area contributed by atoms with Gasteiger partial charge in [0.15, 0.2) is 0 Å². The van der Waals surface area contributed by atoms with Crippen molar-refractivity contribution in [3.05, 3.63) is 46.5 Å². The molecule has 0 radical (unpaired) electrons. The lowest BCUT2D eigenvalue weighted by Crippen LogP contribution is -2.25. The second-order valence-corrected chi connectivity index (χ2v) is 7.49. The fourth-order valence-electron chi connectivity index (χ4n) is 2.24. The van der Waals surface area contributed by atoms with E-state index in [1.165, 1.54) is 16.6 Å². The Balaban J connectivity index is 1.90. The summed E-state index contributed by atoms with van der Waals surface area (Å²) in [6, 6.07) is 7.38. The Bertz CT molecular complexity index is 1010. The number of benzene rings is 1. The molecule has 0 amide bonds. The molecule has 0 bridgehead atoms. The van der Waals surface area contributed by atoms with Crippen LogP contribution in [0.3, 0.4) is 0 Å². The molecule has 0 unspecified atom stereocenters. The monoisotopic (exact) mass is 376 g/mol. The minimum absolute atomic E-state index is 0.0250. The van der Waals surface area contributed by atoms with Crippen molar-refractivity contribution in [1.82, 2.24) is 19.8 Å². The SMILES string of the molecule is CC(C)(C)OC(=O)CSc1n[nH]c(=O)c2cc(-c3ccc(F)cc3)nn12. The van der Waals surface area contributed by atoms with E-state index in [1.54, 1.807) is 39.0 Å². The fraction of sp³-hybridized carbons (Fsp3) is 0.294. The molecule has 0 aliphatic heterocycles. The van der Waals surface area contributed by atoms with Gasteiger partial charge in [-0.3, -0.25) is 9.59 Å². The van der Waals surface area contributed by atoms with Crippen molar-refractivity contribution in [2.45, 2.75) is 31.5 Å². The first kappa shape index (κ1) is 18.1. The molecule has 3 aromatic rings. The van der Waals surface area contributed by atoms with Crippen molar-refractivity contribution >= 4 is 23.2 Å². The number of hydrogen-bond donors (Lipinski definition) is 1. The van der Waals surface area contributed by atoms with Crippen LogP contribution >= 0.6 is 11.8 Å². The van der Waals surface area contributed by atoms with E-state index in [-0.39, 0.29) is 17.1 Å². The van der Waals surface area contributed by atoms with Crippen molar-refractivity contribution in [3.63, 3.8) is 0 Å². The zero-order valence-electron chi connectivity index (χ0n) is 14.4. The Morgan fingerprint density at radius 3 is 2.65 bits per heavy atom. The summed E-state index contributed by atoms with van der Waals surface area (Å²) < 4.78 is 19.7. The zero-order chi connectivity index (χ0) is 18.9. The summed E-state index contributed by atoms with van der Waals surface area (Å²) >= 11 is 1.10. The summed E-state index contributed by atoms with van der Waals surface area (Å²) in [5.41, 5.74) is 0.464. The molecule has 0 fully saturated rings. The fourth-order valence-corrected chi connectivity index (χ4v) is 2.92. The van der Waals surface area contributed by atoms with Crippen LogP contribution in [-0.4, -0.2) is 37.1 Å². The summed E-state index contributed by atoms with van der Waals surface area (Å²) in [6.45, 7) is 5.36. The van der Waals surface area contributed by atoms with Gasteiger partial charge < -0.3 is 4.74 Å². The first-order valence-electron chi connectivity index (χ1n) is 7.82. The molecular weight excluding hydrogens is 359 g/mol. The van der Waals surface area contributed by atoms with Gasteiger partial charge in [-0.15, -0.1) is 5.10 Å². The van der Waals surface area contributed by atoms with Gasteiger partial charge >= 0.3 is 5.97 Å². The molecule has 0 aliphatic rings. The zero-order valence-corrected chi connectivity index (χ0v) is 15.3. The minimum Gasteiger partial charge on any atom is -0.459 e. The van der Waals surface area contributed by atoms with Crippen LogP contribution in [0.15, 0.2) is 40.3 Å². The van der Waals surface area contributed by atoms with Crippen molar-refractivity contribution in [2.24, 2.45) is 0 Å². The largest absolute Gasteiger partial charge is 0.459 e. The number of H-pyrrole nitrogens is 1. The number of thioether (sulfide) groups is 1. The maximum atomic E-state index is 13.1. The van der Waals surface area contributed by atoms with Gasteiger partial charge in [0.25, 0.3) is 5.56 Å². The maximum absolute atomic E-state index is 13.1. The number of carbonyl (C=O) groups is 1. The van der Waals surface area contributed by atoms with E-state index in [2.05, 4.69) is 15.3 Å². The van der Waals surface area contributed by atoms with Gasteiger partial charge in [0.1, 0.15) is 16.9 Å². The standard InChI is InChI=1S/C17H17FN4O3S/c1-17(2,3)25-14(23)9-26-16-20-19-15(24)13-8-12(21-22(13)16)10-4-6-11(18)7-5-10/h4-8H,9H2,1-3H3,(H,19,24). The van der Waals surface area contributed by atoms with Gasteiger partial charge in [0.2, 0.25) is 5.16 Å². The number of nitrogens with one attached hydrogen (secondary N) is 1. The van der Waals surface area contributed by atoms with Gasteiger partial charge in [-0.2, -0.15) is 5.10 Å². The third-order valence-corrected chi connectivity index (χ3v) is 4.16. The van der Waals surface area contributed by atoms with Crippen LogP contribution in [0.4, 0.5) is 4.39 Å². The first-order valence-corrected chi connectivity index (χ1v) is 8.80. The molecule has 0 saturated carbocycles. The average molecular weight is 376 g/mol. The Labute approximate surface area is 152 Å². The number of nitrogens with zero attached hydrogens (tertiary/aromatic N) is 3. The molecule has 1 aromatic carbocycles. The molecule has 2 heterocycles. The Morgan fingerprint density at radius 1 is 1.31 bits per heavy atom. The van der Waals surface area contributed by atoms with E-state index in [0.717, 1.165) is 11.8 Å². The van der Waals surface area contributed by atoms with Crippen molar-refractivity contribution in [1.29, 1.82) is 0 Å². The molecule has 0 saturated heterocycles. The molecule has 0 aliphatic carbocycles. The highest BCUT2D eigenvalue weighted by Crippen LogP contribution is 2.22. The van der Waals surface area contributed by atoms with E-state index >= 15 is 0 Å². The number of esters is 1. The van der Waals surface area contributed by atoms with Crippen LogP contribution < -0.4 is 5.56 Å². The molecule has 7 nitrogen and oxygen atoms in total. The van der Waals surface area contributed by atoms with Crippen molar-refractivity contribution in [2.75, 3.05) is 5.75 Å². The van der Waals surface area contributed by atoms with Gasteiger partial charge in [-0.05, 0) is 51.1 Å². The number of aromatic nitrogens is 4. The number of rotatable bonds is 4. The number of ether oxygens (including phenoxy) is 1. The highest BCUT2D eigenvalue weighted by atomic mass is 32.2. The van der Waals surface area contributed by atoms with Crippen LogP contribution in [0.1, 0.15) is 20.8 Å². The normalized spacial score (nSPS) is 11.7. The Hall–Kier alpha value is -2.68. The number of aromatic amines is 1. The van der Waals surface area contributed by atoms with Crippen LogP contribution in [0, 0.1) is 5.82 Å². The lowest BCUT2D eigenvalue weighted by Gasteiger charge is -2.19. The van der Waals surface area contributed by atoms with Crippen LogP contribution in [0.25, 0.3) is 16.8 Å². The topological polar surface area (TPSA) is 89.3 Å². The predicted molar refractivity (Wildman–Crippen MR) is 95.6 cm³/mol. The van der Waals surface area contributed by atoms with Gasteiger partial charge in [0, 0.05) is 5.56 Å². The third-order valence-electron chi connectivity index (χ3n) is 3.26. The lowest BCUT2D eigenvalue weighted by atomic mass is 10.1. The van der Waals surface area contributed by atoms with Crippen molar-refractivity contribution < 1.29 is 13.9 Å². The number of halogens is 1. The molecule has 1 N–H and O–H groups in total. The maximum Gasteiger partial charge on any atom is 0.316 e. The van der Waals surface area contributed by atoms with E-state index < -0.39 is 17.1 Å². The summed E-state index contributed by atoms with van der Waals surface area (Å²) in [5, 5.41) is 11.1. The third kappa shape index (κ3) is 4.10. The first-order chi connectivity index (χ1) is 12.2. The highest BCUT2D eigenvalue weighted by molar-refractivity contribution is 7.99. The summed E-state index contributed by atoms with van der Waals surface area (Å²) in [6.07, 6.45) is 0. The quantitative estimate of drug-likeness (QED) is 0.556. The molecular formula is C17H17FN4O3S. The Kier molecular flexibility index (Phi) is 4.82. The summed E-state index contributed by atoms with van der Waals surface area (Å²) in [5.74, 6) is -0.725. The second-order valence-electron chi connectivity index (χ2n) is 6.54. The molecule has 3 rings (SSSR count). The summed E-state index contributed by atoms with van der Waals surface area (Å²) in [7, 11) is 0. The van der Waals surface area contributed by atoms with Crippen LogP contribution in [-0.2, 0) is 9.53 Å². The van der Waals surface area contributed by atoms with E-state index in [9.17, 15) is 14.0 Å². The number of fused-ring (bicyclic) bond motifs is 1. The van der Waals surface area contributed by atoms with E-state index in [4.69, 9.17) is 4.74 Å². The van der Waals surface area contributed by atoms with Crippen molar-refractivity contribution in [3.8, 4) is 11.3 Å². The number of carbonyl (C=O) groups excluding carboxylic acids is 1. The molecule has 9 heteroatoms. The lowest BCUT2D eigenvalue weighted by molar-refractivity contribution is -0.151. The van der Waals surface area contributed by atoms with Crippen LogP contribution in [0.5, 0.6) is 0 Å². The molecule has 0 atom stereocenters. The summed E-state index contributed by atoms with van der Waals surface area (Å²) in [4.78, 5) is 23.9. The van der Waals surface area contributed by atoms with E-state index in [0.29, 0.717) is 16.4 Å². The number of hydrogen-bond acceptors (Lipinski definition) is 6. The van der Waals surface area contributed by atoms with Crippen LogP contribution in [0.2, 0.25) is 0 Å². The Morgan fingerprint density at radius 2 is 2.00 bits per heavy atom. The molecule has 0 spiro atoms. The smallest absolute Gasteiger partial charge is 0.316 e. The molecule has 136 valence electrons. The highest BCUT2D eigenvalue weighted by Gasteiger charge is 2.18. The predicted octanol–water partition coefficient (Wildman–Crippen LogP) is 2.66. The van der Waals surface area contributed by atoms with Gasteiger partial charge in [-0.1, -0.05) is 11.8 Å². The molecule has 2 aromatic heterocycles. The minimum atomic E-state index is -0.577.